The number of esters is 1. The number of halogens is 1. The number of hydrogen-bond acceptors (Lipinski definition) is 3. The number of rotatable bonds is 3. The molecule has 0 N–H and O–H groups in total. The SMILES string of the molecule is CCOC(=O)CC1CCOc2ccc(Cl)cc21. The summed E-state index contributed by atoms with van der Waals surface area (Å²) >= 11 is 5.97. The Morgan fingerprint density at radius 2 is 2.41 bits per heavy atom. The molecule has 1 aromatic carbocycles. The van der Waals surface area contributed by atoms with Crippen molar-refractivity contribution in [2.75, 3.05) is 13.2 Å². The van der Waals surface area contributed by atoms with Gasteiger partial charge in [0.15, 0.2) is 0 Å². The quantitative estimate of drug-likeness (QED) is 0.778. The molecule has 0 saturated heterocycles. The average Bonchev–Trinajstić information content (AvgIpc) is 2.30. The summed E-state index contributed by atoms with van der Waals surface area (Å²) in [5.41, 5.74) is 1.01. The van der Waals surface area contributed by atoms with E-state index < -0.39 is 0 Å². The summed E-state index contributed by atoms with van der Waals surface area (Å²) in [6.07, 6.45) is 1.22. The van der Waals surface area contributed by atoms with E-state index in [1.165, 1.54) is 0 Å². The summed E-state index contributed by atoms with van der Waals surface area (Å²) in [6, 6.07) is 5.53. The fourth-order valence-electron chi connectivity index (χ4n) is 2.07. The average molecular weight is 255 g/mol. The van der Waals surface area contributed by atoms with Crippen LogP contribution in [0.5, 0.6) is 5.75 Å². The zero-order valence-corrected chi connectivity index (χ0v) is 10.5. The Labute approximate surface area is 106 Å². The van der Waals surface area contributed by atoms with Gasteiger partial charge in [0.05, 0.1) is 19.6 Å². The molecule has 17 heavy (non-hydrogen) atoms. The van der Waals surface area contributed by atoms with Gasteiger partial charge in [0, 0.05) is 10.9 Å². The van der Waals surface area contributed by atoms with Crippen molar-refractivity contribution in [3.8, 4) is 5.75 Å². The Morgan fingerprint density at radius 3 is 3.18 bits per heavy atom. The van der Waals surface area contributed by atoms with Gasteiger partial charge in [0.25, 0.3) is 0 Å². The Morgan fingerprint density at radius 1 is 1.59 bits per heavy atom. The first-order valence-electron chi connectivity index (χ1n) is 5.78. The maximum Gasteiger partial charge on any atom is 0.306 e. The summed E-state index contributed by atoms with van der Waals surface area (Å²) in [4.78, 5) is 11.5. The van der Waals surface area contributed by atoms with E-state index in [0.717, 1.165) is 17.7 Å². The van der Waals surface area contributed by atoms with Gasteiger partial charge in [-0.2, -0.15) is 0 Å². The third kappa shape index (κ3) is 2.91. The van der Waals surface area contributed by atoms with Crippen molar-refractivity contribution in [3.05, 3.63) is 28.8 Å². The fourth-order valence-corrected chi connectivity index (χ4v) is 2.25. The minimum absolute atomic E-state index is 0.150. The molecule has 2 rings (SSSR count). The topological polar surface area (TPSA) is 35.5 Å². The molecule has 0 aromatic heterocycles. The van der Waals surface area contributed by atoms with E-state index in [4.69, 9.17) is 21.1 Å². The molecule has 0 amide bonds. The molecule has 1 aromatic rings. The lowest BCUT2D eigenvalue weighted by Gasteiger charge is -2.25. The molecule has 0 saturated carbocycles. The lowest BCUT2D eigenvalue weighted by Crippen LogP contribution is -2.18. The molecule has 1 unspecified atom stereocenters. The molecule has 0 fully saturated rings. The molecule has 92 valence electrons. The maximum atomic E-state index is 11.5. The summed E-state index contributed by atoms with van der Waals surface area (Å²) in [6.45, 7) is 2.87. The van der Waals surface area contributed by atoms with E-state index in [2.05, 4.69) is 0 Å². The number of hydrogen-bond donors (Lipinski definition) is 0. The zero-order chi connectivity index (χ0) is 12.3. The second-order valence-corrected chi connectivity index (χ2v) is 4.46. The van der Waals surface area contributed by atoms with E-state index in [1.54, 1.807) is 6.07 Å². The van der Waals surface area contributed by atoms with Gasteiger partial charge in [-0.05, 0) is 37.1 Å². The van der Waals surface area contributed by atoms with Gasteiger partial charge in [0.2, 0.25) is 0 Å². The van der Waals surface area contributed by atoms with Crippen LogP contribution >= 0.6 is 11.6 Å². The minimum atomic E-state index is -0.162. The second-order valence-electron chi connectivity index (χ2n) is 4.03. The first-order chi connectivity index (χ1) is 8.20. The maximum absolute atomic E-state index is 11.5. The van der Waals surface area contributed by atoms with Gasteiger partial charge < -0.3 is 9.47 Å². The molecule has 1 aliphatic heterocycles. The molecule has 1 heterocycles. The van der Waals surface area contributed by atoms with Gasteiger partial charge in [0.1, 0.15) is 5.75 Å². The summed E-state index contributed by atoms with van der Waals surface area (Å²) < 4.78 is 10.5. The molecule has 1 aliphatic rings. The third-order valence-electron chi connectivity index (χ3n) is 2.85. The number of carbonyl (C=O) groups is 1. The van der Waals surface area contributed by atoms with Crippen LogP contribution in [0, 0.1) is 0 Å². The van der Waals surface area contributed by atoms with E-state index >= 15 is 0 Å². The normalized spacial score (nSPS) is 18.1. The third-order valence-corrected chi connectivity index (χ3v) is 3.09. The van der Waals surface area contributed by atoms with Crippen molar-refractivity contribution < 1.29 is 14.3 Å². The van der Waals surface area contributed by atoms with Crippen molar-refractivity contribution in [1.29, 1.82) is 0 Å². The van der Waals surface area contributed by atoms with Crippen LogP contribution in [0.25, 0.3) is 0 Å². The molecule has 1 atom stereocenters. The van der Waals surface area contributed by atoms with Crippen LogP contribution in [-0.4, -0.2) is 19.2 Å². The summed E-state index contributed by atoms with van der Waals surface area (Å²) in [5.74, 6) is 0.816. The Hall–Kier alpha value is -1.22. The molecular formula is C13H15ClO3. The largest absolute Gasteiger partial charge is 0.493 e. The molecule has 3 nitrogen and oxygen atoms in total. The highest BCUT2D eigenvalue weighted by Crippen LogP contribution is 2.37. The number of fused-ring (bicyclic) bond motifs is 1. The highest BCUT2D eigenvalue weighted by Gasteiger charge is 2.24. The number of ether oxygens (including phenoxy) is 2. The van der Waals surface area contributed by atoms with Gasteiger partial charge in [-0.15, -0.1) is 0 Å². The Kier molecular flexibility index (Phi) is 3.89. The smallest absolute Gasteiger partial charge is 0.306 e. The molecule has 0 radical (unpaired) electrons. The number of benzene rings is 1. The van der Waals surface area contributed by atoms with Crippen LogP contribution in [0.2, 0.25) is 5.02 Å². The Bertz CT molecular complexity index is 417. The van der Waals surface area contributed by atoms with Crippen LogP contribution < -0.4 is 4.74 Å². The molecule has 0 aliphatic carbocycles. The second kappa shape index (κ2) is 5.41. The lowest BCUT2D eigenvalue weighted by molar-refractivity contribution is -0.143. The van der Waals surface area contributed by atoms with Gasteiger partial charge in [-0.1, -0.05) is 11.6 Å². The van der Waals surface area contributed by atoms with Crippen LogP contribution in [-0.2, 0) is 9.53 Å². The van der Waals surface area contributed by atoms with Crippen molar-refractivity contribution in [2.24, 2.45) is 0 Å². The van der Waals surface area contributed by atoms with Crippen molar-refractivity contribution in [1.82, 2.24) is 0 Å². The van der Waals surface area contributed by atoms with Gasteiger partial charge >= 0.3 is 5.97 Å². The van der Waals surface area contributed by atoms with E-state index in [9.17, 15) is 4.79 Å². The highest BCUT2D eigenvalue weighted by molar-refractivity contribution is 6.30. The van der Waals surface area contributed by atoms with E-state index in [-0.39, 0.29) is 11.9 Å². The van der Waals surface area contributed by atoms with Crippen molar-refractivity contribution in [3.63, 3.8) is 0 Å². The standard InChI is InChI=1S/C13H15ClO3/c1-2-16-13(15)7-9-5-6-17-12-4-3-10(14)8-11(9)12/h3-4,8-9H,2,5-7H2,1H3. The highest BCUT2D eigenvalue weighted by atomic mass is 35.5. The van der Waals surface area contributed by atoms with Crippen LogP contribution in [0.1, 0.15) is 31.2 Å². The lowest BCUT2D eigenvalue weighted by atomic mass is 9.90. The molecule has 0 bridgehead atoms. The number of carbonyl (C=O) groups excluding carboxylic acids is 1. The summed E-state index contributed by atoms with van der Waals surface area (Å²) in [5, 5.41) is 0.670. The minimum Gasteiger partial charge on any atom is -0.493 e. The first-order valence-corrected chi connectivity index (χ1v) is 6.16. The fraction of sp³-hybridized carbons (Fsp3) is 0.462. The Balaban J connectivity index is 2.16. The molecule has 0 spiro atoms. The van der Waals surface area contributed by atoms with Gasteiger partial charge in [-0.25, -0.2) is 0 Å². The molecular weight excluding hydrogens is 240 g/mol. The molecule has 4 heteroatoms. The van der Waals surface area contributed by atoms with Crippen molar-refractivity contribution in [2.45, 2.75) is 25.7 Å². The van der Waals surface area contributed by atoms with Gasteiger partial charge in [-0.3, -0.25) is 4.79 Å². The first kappa shape index (κ1) is 12.2. The summed E-state index contributed by atoms with van der Waals surface area (Å²) in [7, 11) is 0. The predicted molar refractivity (Wildman–Crippen MR) is 65.6 cm³/mol. The van der Waals surface area contributed by atoms with Crippen LogP contribution in [0.3, 0.4) is 0 Å². The van der Waals surface area contributed by atoms with Crippen molar-refractivity contribution >= 4 is 17.6 Å². The monoisotopic (exact) mass is 254 g/mol. The van der Waals surface area contributed by atoms with E-state index in [0.29, 0.717) is 24.7 Å². The van der Waals surface area contributed by atoms with Crippen LogP contribution in [0.15, 0.2) is 18.2 Å². The van der Waals surface area contributed by atoms with E-state index in [1.807, 2.05) is 19.1 Å². The van der Waals surface area contributed by atoms with Crippen LogP contribution in [0.4, 0.5) is 0 Å². The predicted octanol–water partition coefficient (Wildman–Crippen LogP) is 3.16. The zero-order valence-electron chi connectivity index (χ0n) is 9.74.